The van der Waals surface area contributed by atoms with Crippen LogP contribution in [-0.2, 0) is 52.4 Å². The molecule has 0 bridgehead atoms. The maximum absolute atomic E-state index is 12.6. The topological polar surface area (TPSA) is 141 Å². The fourth-order valence-electron chi connectivity index (χ4n) is 3.60. The zero-order valence-corrected chi connectivity index (χ0v) is 22.7. The van der Waals surface area contributed by atoms with Crippen LogP contribution in [0.2, 0.25) is 0 Å². The minimum absolute atomic E-state index is 0.0546. The molecule has 1 rings (SSSR count). The molecule has 1 heterocycles. The van der Waals surface area contributed by atoms with Crippen molar-refractivity contribution in [3.8, 4) is 0 Å². The second-order valence-electron chi connectivity index (χ2n) is 8.83. The van der Waals surface area contributed by atoms with Crippen molar-refractivity contribution in [1.82, 2.24) is 0 Å². The quantitative estimate of drug-likeness (QED) is 0.214. The maximum Gasteiger partial charge on any atom is 0.308 e. The first-order valence-corrected chi connectivity index (χ1v) is 13.3. The number of esters is 5. The molecule has 0 aliphatic carbocycles. The van der Waals surface area contributed by atoms with Crippen molar-refractivity contribution in [2.45, 2.75) is 130 Å². The molecule has 0 radical (unpaired) electrons. The van der Waals surface area contributed by atoms with E-state index in [1.54, 1.807) is 27.7 Å². The molecule has 1 saturated heterocycles. The molecule has 1 aliphatic heterocycles. The van der Waals surface area contributed by atoms with Crippen molar-refractivity contribution >= 4 is 29.8 Å². The minimum atomic E-state index is -1.48. The fraction of sp³-hybridized carbons (Fsp3) is 0.808. The number of hydrogen-bond donors (Lipinski definition) is 0. The predicted molar refractivity (Wildman–Crippen MR) is 130 cm³/mol. The van der Waals surface area contributed by atoms with E-state index in [1.165, 1.54) is 0 Å². The van der Waals surface area contributed by atoms with E-state index in [-0.39, 0.29) is 38.7 Å². The van der Waals surface area contributed by atoms with Crippen LogP contribution in [-0.4, -0.2) is 67.2 Å². The van der Waals surface area contributed by atoms with E-state index in [0.29, 0.717) is 32.1 Å². The van der Waals surface area contributed by atoms with Crippen molar-refractivity contribution in [3.63, 3.8) is 0 Å². The Morgan fingerprint density at radius 2 is 0.892 bits per heavy atom. The lowest BCUT2D eigenvalue weighted by atomic mass is 9.97. The fourth-order valence-corrected chi connectivity index (χ4v) is 3.60. The standard InChI is InChI=1S/C26H42O11/c1-6-11-18(27)32-16-17-23(34-19(28)12-7-2)24(35-20(29)13-8-3)25(36-21(30)14-9-4)26(33-17)37-22(31)15-10-5/h17,23-26H,6-16H2,1-5H3/t17-,23-,24+,25-,26+/m1/s1. The van der Waals surface area contributed by atoms with Crippen molar-refractivity contribution in [3.05, 3.63) is 0 Å². The summed E-state index contributed by atoms with van der Waals surface area (Å²) in [4.78, 5) is 62.0. The van der Waals surface area contributed by atoms with Gasteiger partial charge in [0.15, 0.2) is 12.2 Å². The van der Waals surface area contributed by atoms with Gasteiger partial charge in [0.1, 0.15) is 12.7 Å². The Bertz CT molecular complexity index is 751. The number of carbonyl (C=O) groups excluding carboxylic acids is 5. The van der Waals surface area contributed by atoms with Crippen LogP contribution >= 0.6 is 0 Å². The summed E-state index contributed by atoms with van der Waals surface area (Å²) in [6, 6.07) is 0. The first kappa shape index (κ1) is 32.3. The Hall–Kier alpha value is -2.69. The van der Waals surface area contributed by atoms with Crippen LogP contribution in [0.15, 0.2) is 0 Å². The third-order valence-electron chi connectivity index (χ3n) is 5.32. The van der Waals surface area contributed by atoms with Gasteiger partial charge in [-0.1, -0.05) is 34.6 Å². The summed E-state index contributed by atoms with van der Waals surface area (Å²) < 4.78 is 33.6. The van der Waals surface area contributed by atoms with Gasteiger partial charge < -0.3 is 28.4 Å². The highest BCUT2D eigenvalue weighted by molar-refractivity contribution is 5.72. The van der Waals surface area contributed by atoms with Crippen molar-refractivity contribution in [2.75, 3.05) is 6.61 Å². The van der Waals surface area contributed by atoms with Crippen LogP contribution in [0.3, 0.4) is 0 Å². The van der Waals surface area contributed by atoms with Crippen molar-refractivity contribution in [2.24, 2.45) is 0 Å². The van der Waals surface area contributed by atoms with Crippen LogP contribution in [0.25, 0.3) is 0 Å². The Morgan fingerprint density at radius 1 is 0.514 bits per heavy atom. The lowest BCUT2D eigenvalue weighted by molar-refractivity contribution is -0.301. The largest absolute Gasteiger partial charge is 0.463 e. The summed E-state index contributed by atoms with van der Waals surface area (Å²) in [5, 5.41) is 0. The Morgan fingerprint density at radius 3 is 1.35 bits per heavy atom. The molecule has 0 spiro atoms. The van der Waals surface area contributed by atoms with Gasteiger partial charge in [-0.2, -0.15) is 0 Å². The third kappa shape index (κ3) is 11.5. The number of hydrogen-bond acceptors (Lipinski definition) is 11. The smallest absolute Gasteiger partial charge is 0.308 e. The Labute approximate surface area is 218 Å². The molecule has 0 aromatic heterocycles. The van der Waals surface area contributed by atoms with Crippen LogP contribution < -0.4 is 0 Å². The van der Waals surface area contributed by atoms with Gasteiger partial charge in [-0.3, -0.25) is 24.0 Å². The van der Waals surface area contributed by atoms with Gasteiger partial charge in [0.05, 0.1) is 0 Å². The average molecular weight is 531 g/mol. The van der Waals surface area contributed by atoms with E-state index < -0.39 is 60.6 Å². The molecule has 0 saturated carbocycles. The number of carbonyl (C=O) groups is 5. The second kappa shape index (κ2) is 17.7. The zero-order valence-electron chi connectivity index (χ0n) is 22.7. The summed E-state index contributed by atoms with van der Waals surface area (Å²) in [6.07, 6.45) is -3.74. The highest BCUT2D eigenvalue weighted by atomic mass is 16.7. The molecule has 212 valence electrons. The van der Waals surface area contributed by atoms with Gasteiger partial charge in [0.25, 0.3) is 0 Å². The van der Waals surface area contributed by atoms with Crippen molar-refractivity contribution in [1.29, 1.82) is 0 Å². The van der Waals surface area contributed by atoms with Gasteiger partial charge in [-0.05, 0) is 32.1 Å². The molecule has 0 N–H and O–H groups in total. The first-order chi connectivity index (χ1) is 17.7. The minimum Gasteiger partial charge on any atom is -0.463 e. The van der Waals surface area contributed by atoms with Crippen LogP contribution in [0.1, 0.15) is 98.8 Å². The molecule has 0 unspecified atom stereocenters. The summed E-state index contributed by atoms with van der Waals surface area (Å²) in [5.74, 6) is -2.97. The summed E-state index contributed by atoms with van der Waals surface area (Å²) in [7, 11) is 0. The predicted octanol–water partition coefficient (Wildman–Crippen LogP) is 3.53. The molecule has 1 fully saturated rings. The molecular formula is C26H42O11. The van der Waals surface area contributed by atoms with Gasteiger partial charge in [-0.25, -0.2) is 0 Å². The normalized spacial score (nSPS) is 23.0. The molecule has 0 aromatic carbocycles. The van der Waals surface area contributed by atoms with Crippen LogP contribution in [0.4, 0.5) is 0 Å². The summed E-state index contributed by atoms with van der Waals surface area (Å²) >= 11 is 0. The average Bonchev–Trinajstić information content (AvgIpc) is 2.82. The highest BCUT2D eigenvalue weighted by Gasteiger charge is 2.54. The summed E-state index contributed by atoms with van der Waals surface area (Å²) in [6.45, 7) is 8.61. The highest BCUT2D eigenvalue weighted by Crippen LogP contribution is 2.31. The van der Waals surface area contributed by atoms with Gasteiger partial charge in [0.2, 0.25) is 12.4 Å². The maximum atomic E-state index is 12.6. The summed E-state index contributed by atoms with van der Waals surface area (Å²) in [5.41, 5.74) is 0. The molecule has 37 heavy (non-hydrogen) atoms. The van der Waals surface area contributed by atoms with E-state index in [9.17, 15) is 24.0 Å². The van der Waals surface area contributed by atoms with Gasteiger partial charge in [-0.15, -0.1) is 0 Å². The molecule has 11 heteroatoms. The molecule has 0 amide bonds. The van der Waals surface area contributed by atoms with Crippen molar-refractivity contribution < 1.29 is 52.4 Å². The number of rotatable bonds is 16. The van der Waals surface area contributed by atoms with E-state index >= 15 is 0 Å². The van der Waals surface area contributed by atoms with Crippen LogP contribution in [0, 0.1) is 0 Å². The van der Waals surface area contributed by atoms with E-state index in [2.05, 4.69) is 0 Å². The third-order valence-corrected chi connectivity index (χ3v) is 5.32. The number of ether oxygens (including phenoxy) is 6. The Balaban J connectivity index is 3.45. The second-order valence-corrected chi connectivity index (χ2v) is 8.83. The SMILES string of the molecule is CCCC(=O)OC[C@H]1O[C@@H](OC(=O)CCC)[C@H](OC(=O)CCC)[C@@H](OC(=O)CCC)[C@@H]1OC(=O)CCC. The molecule has 5 atom stereocenters. The molecule has 11 nitrogen and oxygen atoms in total. The Kier molecular flexibility index (Phi) is 15.5. The van der Waals surface area contributed by atoms with E-state index in [4.69, 9.17) is 28.4 Å². The molecule has 1 aliphatic rings. The molecular weight excluding hydrogens is 488 g/mol. The zero-order chi connectivity index (χ0) is 27.8. The lowest BCUT2D eigenvalue weighted by Crippen LogP contribution is -2.63. The monoisotopic (exact) mass is 530 g/mol. The van der Waals surface area contributed by atoms with Crippen LogP contribution in [0.5, 0.6) is 0 Å². The lowest BCUT2D eigenvalue weighted by Gasteiger charge is -2.44. The molecule has 0 aromatic rings. The van der Waals surface area contributed by atoms with E-state index in [1.807, 2.05) is 6.92 Å². The van der Waals surface area contributed by atoms with E-state index in [0.717, 1.165) is 0 Å². The van der Waals surface area contributed by atoms with Gasteiger partial charge >= 0.3 is 29.8 Å². The van der Waals surface area contributed by atoms with Gasteiger partial charge in [0, 0.05) is 32.1 Å². The first-order valence-electron chi connectivity index (χ1n) is 13.3.